The van der Waals surface area contributed by atoms with Crippen molar-refractivity contribution >= 4 is 11.8 Å². The lowest BCUT2D eigenvalue weighted by Gasteiger charge is -2.29. The lowest BCUT2D eigenvalue weighted by Crippen LogP contribution is -2.25. The van der Waals surface area contributed by atoms with Crippen molar-refractivity contribution in [3.8, 4) is 0 Å². The highest BCUT2D eigenvalue weighted by atomic mass is 32.2. The number of allylic oxidation sites excluding steroid dienone is 2. The van der Waals surface area contributed by atoms with Crippen LogP contribution in [-0.2, 0) is 10.5 Å². The molecule has 1 N–H and O–H groups in total. The van der Waals surface area contributed by atoms with Gasteiger partial charge in [0, 0.05) is 5.56 Å². The second kappa shape index (κ2) is 5.19. The van der Waals surface area contributed by atoms with E-state index >= 15 is 0 Å². The molecule has 4 heteroatoms. The Morgan fingerprint density at radius 1 is 1.35 bits per heavy atom. The van der Waals surface area contributed by atoms with Gasteiger partial charge in [0.1, 0.15) is 0 Å². The van der Waals surface area contributed by atoms with E-state index in [2.05, 4.69) is 12.0 Å². The van der Waals surface area contributed by atoms with Crippen LogP contribution in [0, 0.1) is 5.53 Å². The van der Waals surface area contributed by atoms with Crippen molar-refractivity contribution in [2.24, 2.45) is 5.11 Å². The predicted octanol–water partition coefficient (Wildman–Crippen LogP) is 4.05. The van der Waals surface area contributed by atoms with Gasteiger partial charge in [0.15, 0.2) is 5.09 Å². The Bertz CT molecular complexity index is 456. The van der Waals surface area contributed by atoms with Crippen LogP contribution in [0.4, 0.5) is 0 Å². The topological polar surface area (TPSA) is 45.4 Å². The van der Waals surface area contributed by atoms with Gasteiger partial charge in [0.2, 0.25) is 0 Å². The number of nitrogens with one attached hydrogen (secondary N) is 1. The van der Waals surface area contributed by atoms with Gasteiger partial charge in [-0.1, -0.05) is 55.1 Å². The van der Waals surface area contributed by atoms with E-state index in [0.717, 1.165) is 16.4 Å². The van der Waals surface area contributed by atoms with E-state index in [1.54, 1.807) is 17.8 Å². The van der Waals surface area contributed by atoms with Crippen molar-refractivity contribution < 1.29 is 4.74 Å². The van der Waals surface area contributed by atoms with E-state index in [4.69, 9.17) is 10.3 Å². The number of ether oxygens (including phenoxy) is 1. The standard InChI is InChI=1S/C13H14N2OS/c1-2-17-12-9-6-10-13(15-14,16-12)11-7-4-3-5-8-11/h3-10,14H,2H2,1H3. The maximum Gasteiger partial charge on any atom is 0.264 e. The first-order valence-electron chi connectivity index (χ1n) is 5.46. The quantitative estimate of drug-likeness (QED) is 0.814. The van der Waals surface area contributed by atoms with E-state index in [-0.39, 0.29) is 0 Å². The van der Waals surface area contributed by atoms with Crippen molar-refractivity contribution in [3.05, 3.63) is 59.2 Å². The SMILES string of the molecule is CCSC1=CC=CC(N=N)(c2ccccc2)O1. The average molecular weight is 246 g/mol. The third-order valence-electron chi connectivity index (χ3n) is 2.45. The number of hydrogen-bond donors (Lipinski definition) is 1. The molecule has 0 amide bonds. The Morgan fingerprint density at radius 2 is 2.12 bits per heavy atom. The van der Waals surface area contributed by atoms with Crippen molar-refractivity contribution in [1.82, 2.24) is 0 Å². The Hall–Kier alpha value is -1.55. The Kier molecular flexibility index (Phi) is 3.64. The van der Waals surface area contributed by atoms with Crippen LogP contribution in [0.2, 0.25) is 0 Å². The van der Waals surface area contributed by atoms with Gasteiger partial charge >= 0.3 is 0 Å². The van der Waals surface area contributed by atoms with Gasteiger partial charge in [0.25, 0.3) is 5.72 Å². The molecule has 17 heavy (non-hydrogen) atoms. The summed E-state index contributed by atoms with van der Waals surface area (Å²) in [5.74, 6) is 0.933. The van der Waals surface area contributed by atoms with Gasteiger partial charge in [-0.25, -0.2) is 5.53 Å². The molecule has 0 saturated heterocycles. The molecule has 88 valence electrons. The molecule has 1 aliphatic rings. The minimum absolute atomic E-state index is 0.801. The molecule has 1 unspecified atom stereocenters. The minimum Gasteiger partial charge on any atom is -0.450 e. The molecule has 0 aliphatic carbocycles. The van der Waals surface area contributed by atoms with Crippen molar-refractivity contribution in [2.75, 3.05) is 5.75 Å². The van der Waals surface area contributed by atoms with Crippen molar-refractivity contribution in [2.45, 2.75) is 12.6 Å². The Labute approximate surface area is 105 Å². The largest absolute Gasteiger partial charge is 0.450 e. The molecule has 1 atom stereocenters. The summed E-state index contributed by atoms with van der Waals surface area (Å²) in [7, 11) is 0. The average Bonchev–Trinajstić information content (AvgIpc) is 2.40. The molecule has 0 fully saturated rings. The Morgan fingerprint density at radius 3 is 2.76 bits per heavy atom. The summed E-state index contributed by atoms with van der Waals surface area (Å²) in [6.07, 6.45) is 5.60. The minimum atomic E-state index is -0.993. The Balaban J connectivity index is 2.32. The van der Waals surface area contributed by atoms with Gasteiger partial charge in [-0.2, -0.15) is 0 Å². The molecule has 1 aromatic rings. The fraction of sp³-hybridized carbons (Fsp3) is 0.231. The summed E-state index contributed by atoms with van der Waals surface area (Å²) in [4.78, 5) is 0. The highest BCUT2D eigenvalue weighted by Gasteiger charge is 2.33. The van der Waals surface area contributed by atoms with Gasteiger partial charge in [0.05, 0.1) is 0 Å². The molecule has 3 nitrogen and oxygen atoms in total. The smallest absolute Gasteiger partial charge is 0.264 e. The molecular weight excluding hydrogens is 232 g/mol. The summed E-state index contributed by atoms with van der Waals surface area (Å²) < 4.78 is 5.83. The zero-order valence-corrected chi connectivity index (χ0v) is 10.4. The fourth-order valence-corrected chi connectivity index (χ4v) is 2.30. The highest BCUT2D eigenvalue weighted by molar-refractivity contribution is 8.02. The van der Waals surface area contributed by atoms with Crippen molar-refractivity contribution in [3.63, 3.8) is 0 Å². The summed E-state index contributed by atoms with van der Waals surface area (Å²) in [6.45, 7) is 2.06. The summed E-state index contributed by atoms with van der Waals surface area (Å²) >= 11 is 1.61. The maximum absolute atomic E-state index is 7.42. The van der Waals surface area contributed by atoms with Crippen LogP contribution >= 0.6 is 11.8 Å². The maximum atomic E-state index is 7.42. The fourth-order valence-electron chi connectivity index (χ4n) is 1.66. The normalized spacial score (nSPS) is 22.8. The molecule has 0 saturated carbocycles. The lowest BCUT2D eigenvalue weighted by atomic mass is 10.0. The number of benzene rings is 1. The second-order valence-corrected chi connectivity index (χ2v) is 4.82. The second-order valence-electron chi connectivity index (χ2n) is 3.55. The molecular formula is C13H14N2OS. The van der Waals surface area contributed by atoms with Crippen LogP contribution in [0.1, 0.15) is 12.5 Å². The lowest BCUT2D eigenvalue weighted by molar-refractivity contribution is 0.0538. The highest BCUT2D eigenvalue weighted by Crippen LogP contribution is 2.37. The first kappa shape index (κ1) is 11.9. The van der Waals surface area contributed by atoms with Crippen LogP contribution in [0.3, 0.4) is 0 Å². The third kappa shape index (κ3) is 2.42. The number of rotatable bonds is 4. The summed E-state index contributed by atoms with van der Waals surface area (Å²) in [5.41, 5.74) is 7.29. The summed E-state index contributed by atoms with van der Waals surface area (Å²) in [5, 5.41) is 4.47. The van der Waals surface area contributed by atoms with E-state index in [0.29, 0.717) is 0 Å². The molecule has 0 radical (unpaired) electrons. The monoisotopic (exact) mass is 246 g/mol. The number of hydrogen-bond acceptors (Lipinski definition) is 4. The molecule has 2 rings (SSSR count). The van der Waals surface area contributed by atoms with E-state index < -0.39 is 5.72 Å². The van der Waals surface area contributed by atoms with E-state index in [1.165, 1.54) is 0 Å². The van der Waals surface area contributed by atoms with Crippen LogP contribution in [0.5, 0.6) is 0 Å². The van der Waals surface area contributed by atoms with Crippen LogP contribution < -0.4 is 0 Å². The first-order valence-corrected chi connectivity index (χ1v) is 6.45. The predicted molar refractivity (Wildman–Crippen MR) is 69.7 cm³/mol. The number of thioether (sulfide) groups is 1. The summed E-state index contributed by atoms with van der Waals surface area (Å²) in [6, 6.07) is 9.62. The zero-order chi connectivity index (χ0) is 12.1. The molecule has 0 spiro atoms. The molecule has 0 aromatic heterocycles. The zero-order valence-electron chi connectivity index (χ0n) is 9.59. The van der Waals surface area contributed by atoms with Crippen LogP contribution in [0.15, 0.2) is 58.8 Å². The van der Waals surface area contributed by atoms with Gasteiger partial charge in [-0.3, -0.25) is 0 Å². The van der Waals surface area contributed by atoms with Crippen LogP contribution in [-0.4, -0.2) is 5.75 Å². The molecule has 1 aliphatic heterocycles. The molecule has 1 heterocycles. The van der Waals surface area contributed by atoms with E-state index in [9.17, 15) is 0 Å². The van der Waals surface area contributed by atoms with Crippen molar-refractivity contribution in [1.29, 1.82) is 5.53 Å². The van der Waals surface area contributed by atoms with Gasteiger partial charge in [-0.05, 0) is 17.9 Å². The van der Waals surface area contributed by atoms with E-state index in [1.807, 2.05) is 42.5 Å². The van der Waals surface area contributed by atoms with Crippen LogP contribution in [0.25, 0.3) is 0 Å². The number of nitrogens with zero attached hydrogens (tertiary/aromatic N) is 1. The van der Waals surface area contributed by atoms with Gasteiger partial charge < -0.3 is 4.74 Å². The first-order chi connectivity index (χ1) is 8.30. The molecule has 0 bridgehead atoms. The van der Waals surface area contributed by atoms with Gasteiger partial charge in [-0.15, -0.1) is 5.11 Å². The third-order valence-corrected chi connectivity index (χ3v) is 3.24. The molecule has 1 aromatic carbocycles.